The molecule has 1 atom stereocenters. The minimum Gasteiger partial charge on any atom is -0.493 e. The first-order valence-corrected chi connectivity index (χ1v) is 7.03. The van der Waals surface area contributed by atoms with Gasteiger partial charge in [-0.25, -0.2) is 4.98 Å². The number of imidazole rings is 1. The summed E-state index contributed by atoms with van der Waals surface area (Å²) < 4.78 is 12.5. The van der Waals surface area contributed by atoms with Crippen LogP contribution in [0.2, 0.25) is 0 Å². The van der Waals surface area contributed by atoms with E-state index in [9.17, 15) is 5.11 Å². The normalized spacial score (nSPS) is 12.4. The summed E-state index contributed by atoms with van der Waals surface area (Å²) in [5.41, 5.74) is 3.16. The van der Waals surface area contributed by atoms with Gasteiger partial charge in [-0.2, -0.15) is 0 Å². The first-order valence-electron chi connectivity index (χ1n) is 7.03. The number of fused-ring (bicyclic) bond motifs is 1. The molecule has 0 amide bonds. The van der Waals surface area contributed by atoms with Gasteiger partial charge in [0.2, 0.25) is 0 Å². The Morgan fingerprint density at radius 3 is 2.55 bits per heavy atom. The molecule has 22 heavy (non-hydrogen) atoms. The van der Waals surface area contributed by atoms with Crippen LogP contribution in [0.5, 0.6) is 11.5 Å². The summed E-state index contributed by atoms with van der Waals surface area (Å²) >= 11 is 0. The van der Waals surface area contributed by atoms with Gasteiger partial charge in [-0.15, -0.1) is 0 Å². The van der Waals surface area contributed by atoms with E-state index in [0.717, 1.165) is 22.6 Å². The highest BCUT2D eigenvalue weighted by Crippen LogP contribution is 2.35. The zero-order valence-electron chi connectivity index (χ0n) is 12.8. The third kappa shape index (κ3) is 2.29. The van der Waals surface area contributed by atoms with Gasteiger partial charge in [0.15, 0.2) is 11.5 Å². The van der Waals surface area contributed by atoms with E-state index in [1.807, 2.05) is 47.0 Å². The first kappa shape index (κ1) is 14.4. The van der Waals surface area contributed by atoms with Crippen LogP contribution < -0.4 is 9.47 Å². The molecule has 1 unspecified atom stereocenters. The lowest BCUT2D eigenvalue weighted by Gasteiger charge is -2.11. The summed E-state index contributed by atoms with van der Waals surface area (Å²) in [5.74, 6) is 1.29. The molecule has 0 radical (unpaired) electrons. The van der Waals surface area contributed by atoms with E-state index >= 15 is 0 Å². The van der Waals surface area contributed by atoms with E-state index in [1.165, 1.54) is 0 Å². The molecule has 0 aliphatic heterocycles. The number of ether oxygens (including phenoxy) is 2. The standard InChI is InChI=1S/C17H18N2O3/c1-11(20)17-16(18-15-6-4-5-9-19(15)17)12-7-8-13(21-2)14(10-12)22-3/h4-11,20H,1-3H3. The predicted molar refractivity (Wildman–Crippen MR) is 84.4 cm³/mol. The second-order valence-corrected chi connectivity index (χ2v) is 5.02. The van der Waals surface area contributed by atoms with E-state index in [-0.39, 0.29) is 0 Å². The minimum absolute atomic E-state index is 0.633. The Balaban J connectivity index is 2.23. The van der Waals surface area contributed by atoms with Gasteiger partial charge >= 0.3 is 0 Å². The van der Waals surface area contributed by atoms with Crippen molar-refractivity contribution in [3.05, 3.63) is 48.3 Å². The number of hydrogen-bond acceptors (Lipinski definition) is 4. The fourth-order valence-electron chi connectivity index (χ4n) is 2.61. The summed E-state index contributed by atoms with van der Waals surface area (Å²) in [6.45, 7) is 1.74. The molecule has 0 saturated carbocycles. The van der Waals surface area contributed by atoms with Crippen molar-refractivity contribution in [2.75, 3.05) is 14.2 Å². The van der Waals surface area contributed by atoms with Crippen LogP contribution in [0.1, 0.15) is 18.7 Å². The van der Waals surface area contributed by atoms with Crippen molar-refractivity contribution >= 4 is 5.65 Å². The SMILES string of the molecule is COc1ccc(-c2nc3ccccn3c2C(C)O)cc1OC. The van der Waals surface area contributed by atoms with Gasteiger partial charge in [0.1, 0.15) is 5.65 Å². The molecule has 0 saturated heterocycles. The Hall–Kier alpha value is -2.53. The molecule has 1 N–H and O–H groups in total. The third-order valence-corrected chi connectivity index (χ3v) is 3.62. The van der Waals surface area contributed by atoms with Crippen LogP contribution in [0.25, 0.3) is 16.9 Å². The molecule has 2 heterocycles. The van der Waals surface area contributed by atoms with Crippen LogP contribution >= 0.6 is 0 Å². The van der Waals surface area contributed by atoms with Crippen LogP contribution in [0.15, 0.2) is 42.6 Å². The van der Waals surface area contributed by atoms with Crippen molar-refractivity contribution in [1.82, 2.24) is 9.38 Å². The number of aromatic nitrogens is 2. The second-order valence-electron chi connectivity index (χ2n) is 5.02. The van der Waals surface area contributed by atoms with Gasteiger partial charge in [0.25, 0.3) is 0 Å². The van der Waals surface area contributed by atoms with Crippen molar-refractivity contribution in [2.45, 2.75) is 13.0 Å². The molecule has 0 spiro atoms. The zero-order valence-corrected chi connectivity index (χ0v) is 12.8. The second kappa shape index (κ2) is 5.69. The Labute approximate surface area is 128 Å². The molecule has 2 aromatic heterocycles. The van der Waals surface area contributed by atoms with E-state index in [4.69, 9.17) is 9.47 Å². The number of rotatable bonds is 4. The van der Waals surface area contributed by atoms with Crippen molar-refractivity contribution in [3.63, 3.8) is 0 Å². The summed E-state index contributed by atoms with van der Waals surface area (Å²) in [7, 11) is 3.20. The lowest BCUT2D eigenvalue weighted by atomic mass is 10.1. The average Bonchev–Trinajstić information content (AvgIpc) is 2.93. The Morgan fingerprint density at radius 1 is 1.09 bits per heavy atom. The summed E-state index contributed by atoms with van der Waals surface area (Å²) in [6.07, 6.45) is 1.26. The molecular weight excluding hydrogens is 280 g/mol. The molecule has 114 valence electrons. The molecule has 0 bridgehead atoms. The lowest BCUT2D eigenvalue weighted by molar-refractivity contribution is 0.194. The molecule has 1 aromatic carbocycles. The quantitative estimate of drug-likeness (QED) is 0.804. The summed E-state index contributed by atoms with van der Waals surface area (Å²) in [5, 5.41) is 10.2. The molecular formula is C17H18N2O3. The molecule has 0 aliphatic carbocycles. The molecule has 0 fully saturated rings. The summed E-state index contributed by atoms with van der Waals surface area (Å²) in [4.78, 5) is 4.64. The van der Waals surface area contributed by atoms with Gasteiger partial charge in [-0.1, -0.05) is 6.07 Å². The van der Waals surface area contributed by atoms with E-state index in [2.05, 4.69) is 4.98 Å². The summed E-state index contributed by atoms with van der Waals surface area (Å²) in [6, 6.07) is 11.4. The number of benzene rings is 1. The van der Waals surface area contributed by atoms with Gasteiger partial charge in [0, 0.05) is 11.8 Å². The highest BCUT2D eigenvalue weighted by atomic mass is 16.5. The van der Waals surface area contributed by atoms with E-state index in [1.54, 1.807) is 21.1 Å². The Bertz CT molecular complexity index is 809. The molecule has 5 heteroatoms. The molecule has 0 aliphatic rings. The van der Waals surface area contributed by atoms with Crippen LogP contribution in [-0.4, -0.2) is 28.7 Å². The predicted octanol–water partition coefficient (Wildman–Crippen LogP) is 3.07. The number of nitrogens with zero attached hydrogens (tertiary/aromatic N) is 2. The molecule has 3 rings (SSSR count). The average molecular weight is 298 g/mol. The van der Waals surface area contributed by atoms with Gasteiger partial charge in [0.05, 0.1) is 31.7 Å². The first-order chi connectivity index (χ1) is 10.7. The van der Waals surface area contributed by atoms with Crippen LogP contribution in [0.3, 0.4) is 0 Å². The topological polar surface area (TPSA) is 56.0 Å². The van der Waals surface area contributed by atoms with E-state index < -0.39 is 6.10 Å². The van der Waals surface area contributed by atoms with Crippen LogP contribution in [0, 0.1) is 0 Å². The van der Waals surface area contributed by atoms with Crippen molar-refractivity contribution in [3.8, 4) is 22.8 Å². The van der Waals surface area contributed by atoms with Gasteiger partial charge in [-0.3, -0.25) is 0 Å². The van der Waals surface area contributed by atoms with E-state index in [0.29, 0.717) is 11.5 Å². The van der Waals surface area contributed by atoms with Crippen LogP contribution in [-0.2, 0) is 0 Å². The fraction of sp³-hybridized carbons (Fsp3) is 0.235. The number of hydrogen-bond donors (Lipinski definition) is 1. The molecule has 3 aromatic rings. The maximum Gasteiger partial charge on any atom is 0.161 e. The third-order valence-electron chi connectivity index (χ3n) is 3.62. The monoisotopic (exact) mass is 298 g/mol. The lowest BCUT2D eigenvalue weighted by Crippen LogP contribution is -1.99. The number of pyridine rings is 1. The smallest absolute Gasteiger partial charge is 0.161 e. The van der Waals surface area contributed by atoms with Crippen molar-refractivity contribution < 1.29 is 14.6 Å². The number of methoxy groups -OCH3 is 2. The van der Waals surface area contributed by atoms with Gasteiger partial charge < -0.3 is 19.0 Å². The number of aliphatic hydroxyl groups is 1. The van der Waals surface area contributed by atoms with Crippen molar-refractivity contribution in [1.29, 1.82) is 0 Å². The molecule has 5 nitrogen and oxygen atoms in total. The maximum atomic E-state index is 10.2. The van der Waals surface area contributed by atoms with Crippen LogP contribution in [0.4, 0.5) is 0 Å². The Kier molecular flexibility index (Phi) is 3.73. The van der Waals surface area contributed by atoms with Gasteiger partial charge in [-0.05, 0) is 37.3 Å². The highest BCUT2D eigenvalue weighted by molar-refractivity contribution is 5.69. The zero-order chi connectivity index (χ0) is 15.7. The van der Waals surface area contributed by atoms with Crippen molar-refractivity contribution in [2.24, 2.45) is 0 Å². The fourth-order valence-corrected chi connectivity index (χ4v) is 2.61. The minimum atomic E-state index is -0.638. The maximum absolute atomic E-state index is 10.2. The highest BCUT2D eigenvalue weighted by Gasteiger charge is 2.18. The Morgan fingerprint density at radius 2 is 1.86 bits per heavy atom. The number of aliphatic hydroxyl groups excluding tert-OH is 1. The largest absolute Gasteiger partial charge is 0.493 e.